The second-order valence-corrected chi connectivity index (χ2v) is 4.60. The minimum Gasteiger partial charge on any atom is -0.481 e. The molecular weight excluding hydrogens is 202 g/mol. The van der Waals surface area contributed by atoms with Gasteiger partial charge in [-0.15, -0.1) is 0 Å². The van der Waals surface area contributed by atoms with Gasteiger partial charge in [-0.25, -0.2) is 0 Å². The SMILES string of the molecule is Cc1cccc(C(CC(C)C)C(=O)O)c1N. The van der Waals surface area contributed by atoms with Gasteiger partial charge in [0, 0.05) is 5.69 Å². The highest BCUT2D eigenvalue weighted by molar-refractivity contribution is 5.79. The summed E-state index contributed by atoms with van der Waals surface area (Å²) in [6.45, 7) is 5.93. The van der Waals surface area contributed by atoms with Crippen molar-refractivity contribution in [3.63, 3.8) is 0 Å². The minimum absolute atomic E-state index is 0.334. The van der Waals surface area contributed by atoms with Gasteiger partial charge in [-0.2, -0.15) is 0 Å². The number of nitrogens with two attached hydrogens (primary N) is 1. The number of hydrogen-bond donors (Lipinski definition) is 2. The summed E-state index contributed by atoms with van der Waals surface area (Å²) >= 11 is 0. The van der Waals surface area contributed by atoms with Crippen molar-refractivity contribution >= 4 is 11.7 Å². The van der Waals surface area contributed by atoms with Gasteiger partial charge in [-0.1, -0.05) is 32.0 Å². The zero-order chi connectivity index (χ0) is 12.3. The molecule has 1 unspecified atom stereocenters. The number of aliphatic carboxylic acids is 1. The van der Waals surface area contributed by atoms with E-state index in [1.807, 2.05) is 39.0 Å². The predicted octanol–water partition coefficient (Wildman–Crippen LogP) is 2.79. The predicted molar refractivity (Wildman–Crippen MR) is 65.4 cm³/mol. The van der Waals surface area contributed by atoms with Crippen LogP contribution < -0.4 is 5.73 Å². The second kappa shape index (κ2) is 5.01. The number of benzene rings is 1. The van der Waals surface area contributed by atoms with E-state index >= 15 is 0 Å². The van der Waals surface area contributed by atoms with Crippen LogP contribution in [-0.4, -0.2) is 11.1 Å². The van der Waals surface area contributed by atoms with E-state index in [1.165, 1.54) is 0 Å². The number of carboxylic acids is 1. The Morgan fingerprint density at radius 1 is 1.44 bits per heavy atom. The van der Waals surface area contributed by atoms with Crippen molar-refractivity contribution < 1.29 is 9.90 Å². The van der Waals surface area contributed by atoms with Crippen LogP contribution in [0.4, 0.5) is 5.69 Å². The second-order valence-electron chi connectivity index (χ2n) is 4.60. The molecule has 0 aliphatic rings. The molecule has 3 heteroatoms. The Morgan fingerprint density at radius 2 is 2.06 bits per heavy atom. The third-order valence-electron chi connectivity index (χ3n) is 2.74. The standard InChI is InChI=1S/C13H19NO2/c1-8(2)7-11(13(15)16)10-6-4-5-9(3)12(10)14/h4-6,8,11H,7,14H2,1-3H3,(H,15,16). The molecule has 0 aliphatic heterocycles. The highest BCUT2D eigenvalue weighted by atomic mass is 16.4. The summed E-state index contributed by atoms with van der Waals surface area (Å²) in [5.74, 6) is -0.966. The first kappa shape index (κ1) is 12.6. The van der Waals surface area contributed by atoms with Crippen LogP contribution in [-0.2, 0) is 4.79 Å². The maximum absolute atomic E-state index is 11.2. The van der Waals surface area contributed by atoms with E-state index in [0.717, 1.165) is 11.1 Å². The molecule has 1 atom stereocenters. The topological polar surface area (TPSA) is 63.3 Å². The zero-order valence-electron chi connectivity index (χ0n) is 10.0. The van der Waals surface area contributed by atoms with Crippen molar-refractivity contribution in [2.24, 2.45) is 5.92 Å². The van der Waals surface area contributed by atoms with Crippen LogP contribution in [0.3, 0.4) is 0 Å². The normalized spacial score (nSPS) is 12.8. The fraction of sp³-hybridized carbons (Fsp3) is 0.462. The van der Waals surface area contributed by atoms with Crippen LogP contribution in [0.2, 0.25) is 0 Å². The van der Waals surface area contributed by atoms with Crippen molar-refractivity contribution in [3.8, 4) is 0 Å². The molecule has 0 bridgehead atoms. The van der Waals surface area contributed by atoms with Crippen molar-refractivity contribution in [1.82, 2.24) is 0 Å². The monoisotopic (exact) mass is 221 g/mol. The Labute approximate surface area is 96.3 Å². The van der Waals surface area contributed by atoms with Gasteiger partial charge >= 0.3 is 5.97 Å². The largest absolute Gasteiger partial charge is 0.481 e. The number of para-hydroxylation sites is 1. The first-order valence-electron chi connectivity index (χ1n) is 5.51. The van der Waals surface area contributed by atoms with E-state index in [4.69, 9.17) is 5.73 Å². The molecule has 16 heavy (non-hydrogen) atoms. The first-order valence-corrected chi connectivity index (χ1v) is 5.51. The number of hydrogen-bond acceptors (Lipinski definition) is 2. The van der Waals surface area contributed by atoms with Crippen molar-refractivity contribution in [3.05, 3.63) is 29.3 Å². The van der Waals surface area contributed by atoms with Crippen LogP contribution in [0.25, 0.3) is 0 Å². The van der Waals surface area contributed by atoms with E-state index < -0.39 is 11.9 Å². The van der Waals surface area contributed by atoms with Crippen LogP contribution in [0.15, 0.2) is 18.2 Å². The van der Waals surface area contributed by atoms with E-state index in [0.29, 0.717) is 18.0 Å². The van der Waals surface area contributed by atoms with Gasteiger partial charge < -0.3 is 10.8 Å². The molecule has 3 N–H and O–H groups in total. The fourth-order valence-electron chi connectivity index (χ4n) is 1.84. The Hall–Kier alpha value is -1.51. The van der Waals surface area contributed by atoms with Gasteiger partial charge in [-0.05, 0) is 30.4 Å². The van der Waals surface area contributed by atoms with E-state index in [9.17, 15) is 9.90 Å². The van der Waals surface area contributed by atoms with Gasteiger partial charge in [0.2, 0.25) is 0 Å². The lowest BCUT2D eigenvalue weighted by Crippen LogP contribution is -2.16. The smallest absolute Gasteiger partial charge is 0.311 e. The molecule has 88 valence electrons. The molecule has 0 saturated heterocycles. The Balaban J connectivity index is 3.11. The summed E-state index contributed by atoms with van der Waals surface area (Å²) in [5, 5.41) is 9.24. The number of aryl methyl sites for hydroxylation is 1. The third kappa shape index (κ3) is 2.75. The molecule has 0 heterocycles. The molecule has 0 saturated carbocycles. The van der Waals surface area contributed by atoms with Gasteiger partial charge in [0.25, 0.3) is 0 Å². The quantitative estimate of drug-likeness (QED) is 0.768. The van der Waals surface area contributed by atoms with Crippen molar-refractivity contribution in [2.75, 3.05) is 5.73 Å². The van der Waals surface area contributed by atoms with Gasteiger partial charge in [-0.3, -0.25) is 4.79 Å². The summed E-state index contributed by atoms with van der Waals surface area (Å²) in [7, 11) is 0. The van der Waals surface area contributed by atoms with E-state index in [-0.39, 0.29) is 0 Å². The Morgan fingerprint density at radius 3 is 2.56 bits per heavy atom. The molecule has 0 fully saturated rings. The lowest BCUT2D eigenvalue weighted by molar-refractivity contribution is -0.139. The summed E-state index contributed by atoms with van der Waals surface area (Å²) in [4.78, 5) is 11.2. The number of nitrogen functional groups attached to an aromatic ring is 1. The average Bonchev–Trinajstić information content (AvgIpc) is 2.18. The highest BCUT2D eigenvalue weighted by Gasteiger charge is 2.23. The van der Waals surface area contributed by atoms with E-state index in [1.54, 1.807) is 0 Å². The molecule has 1 aromatic carbocycles. The molecule has 0 spiro atoms. The molecular formula is C13H19NO2. The molecule has 0 radical (unpaired) electrons. The summed E-state index contributed by atoms with van der Waals surface area (Å²) in [6.07, 6.45) is 0.614. The number of rotatable bonds is 4. The maximum Gasteiger partial charge on any atom is 0.311 e. The fourth-order valence-corrected chi connectivity index (χ4v) is 1.84. The van der Waals surface area contributed by atoms with Crippen molar-refractivity contribution in [2.45, 2.75) is 33.1 Å². The molecule has 1 rings (SSSR count). The van der Waals surface area contributed by atoms with Gasteiger partial charge in [0.15, 0.2) is 0 Å². The number of anilines is 1. The third-order valence-corrected chi connectivity index (χ3v) is 2.74. The number of carboxylic acid groups (broad SMARTS) is 1. The first-order chi connectivity index (χ1) is 7.43. The summed E-state index contributed by atoms with van der Waals surface area (Å²) in [5.41, 5.74) is 8.22. The molecule has 0 aromatic heterocycles. The summed E-state index contributed by atoms with van der Waals surface area (Å²) < 4.78 is 0. The Bertz CT molecular complexity index is 386. The van der Waals surface area contributed by atoms with Crippen LogP contribution in [0.5, 0.6) is 0 Å². The lowest BCUT2D eigenvalue weighted by atomic mass is 9.88. The van der Waals surface area contributed by atoms with Crippen molar-refractivity contribution in [1.29, 1.82) is 0 Å². The molecule has 1 aromatic rings. The van der Waals surface area contributed by atoms with E-state index in [2.05, 4.69) is 0 Å². The maximum atomic E-state index is 11.2. The number of carbonyl (C=O) groups is 1. The average molecular weight is 221 g/mol. The van der Waals surface area contributed by atoms with Gasteiger partial charge in [0.1, 0.15) is 0 Å². The highest BCUT2D eigenvalue weighted by Crippen LogP contribution is 2.30. The van der Waals surface area contributed by atoms with Crippen LogP contribution in [0.1, 0.15) is 37.3 Å². The lowest BCUT2D eigenvalue weighted by Gasteiger charge is -2.18. The van der Waals surface area contributed by atoms with Crippen LogP contribution in [0, 0.1) is 12.8 Å². The minimum atomic E-state index is -0.800. The zero-order valence-corrected chi connectivity index (χ0v) is 10.0. The Kier molecular flexibility index (Phi) is 3.93. The van der Waals surface area contributed by atoms with Crippen LogP contribution >= 0.6 is 0 Å². The molecule has 3 nitrogen and oxygen atoms in total. The molecule has 0 aliphatic carbocycles. The molecule has 0 amide bonds. The van der Waals surface area contributed by atoms with Gasteiger partial charge in [0.05, 0.1) is 5.92 Å². The summed E-state index contributed by atoms with van der Waals surface area (Å²) in [6, 6.07) is 5.56.